The molecule has 0 radical (unpaired) electrons. The topological polar surface area (TPSA) is 86.4 Å². The van der Waals surface area contributed by atoms with E-state index in [0.717, 1.165) is 45.4 Å². The summed E-state index contributed by atoms with van der Waals surface area (Å²) in [6, 6.07) is 14.0. The SMILES string of the molecule is CN(C)Cc1cncc(-c2ccc3[nH]nc(-c4nc5ccccc5[nH]4)c3n2)c1. The van der Waals surface area contributed by atoms with Crippen LogP contribution in [-0.2, 0) is 6.54 Å². The summed E-state index contributed by atoms with van der Waals surface area (Å²) >= 11 is 0. The fourth-order valence-electron chi connectivity index (χ4n) is 3.37. The number of pyridine rings is 2. The highest BCUT2D eigenvalue weighted by Crippen LogP contribution is 2.27. The molecule has 4 heterocycles. The molecular formula is C21H19N7. The first-order valence-electron chi connectivity index (χ1n) is 9.06. The van der Waals surface area contributed by atoms with Crippen molar-refractivity contribution in [2.45, 2.75) is 6.54 Å². The number of aromatic nitrogens is 6. The quantitative estimate of drug-likeness (QED) is 0.505. The molecule has 0 aliphatic carbocycles. The second kappa shape index (κ2) is 6.54. The maximum absolute atomic E-state index is 4.86. The van der Waals surface area contributed by atoms with Gasteiger partial charge in [-0.15, -0.1) is 0 Å². The Morgan fingerprint density at radius 1 is 0.964 bits per heavy atom. The van der Waals surface area contributed by atoms with Gasteiger partial charge in [-0.3, -0.25) is 10.1 Å². The standard InChI is InChI=1S/C21H19N7/c1-28(2)12-13-9-14(11-22-10-13)15-7-8-18-19(23-15)20(27-26-18)21-24-16-5-3-4-6-17(16)25-21/h3-11H,12H2,1-2H3,(H,24,25)(H,26,27). The van der Waals surface area contributed by atoms with Crippen LogP contribution in [0.3, 0.4) is 0 Å². The Bertz CT molecular complexity index is 1250. The zero-order valence-corrected chi connectivity index (χ0v) is 15.6. The van der Waals surface area contributed by atoms with Gasteiger partial charge in [0.2, 0.25) is 0 Å². The van der Waals surface area contributed by atoms with Gasteiger partial charge in [-0.05, 0) is 50.0 Å². The molecule has 5 rings (SSSR count). The van der Waals surface area contributed by atoms with Crippen molar-refractivity contribution in [1.29, 1.82) is 0 Å². The molecule has 138 valence electrons. The van der Waals surface area contributed by atoms with Crippen molar-refractivity contribution < 1.29 is 0 Å². The minimum atomic E-state index is 0.705. The fraction of sp³-hybridized carbons (Fsp3) is 0.143. The number of H-pyrrole nitrogens is 2. The van der Waals surface area contributed by atoms with E-state index in [1.165, 1.54) is 0 Å². The smallest absolute Gasteiger partial charge is 0.161 e. The minimum Gasteiger partial charge on any atom is -0.337 e. The minimum absolute atomic E-state index is 0.705. The van der Waals surface area contributed by atoms with Crippen LogP contribution in [0.15, 0.2) is 54.9 Å². The molecule has 1 aromatic carbocycles. The number of nitrogens with zero attached hydrogens (tertiary/aromatic N) is 5. The number of imidazole rings is 1. The van der Waals surface area contributed by atoms with Gasteiger partial charge >= 0.3 is 0 Å². The van der Waals surface area contributed by atoms with Crippen LogP contribution >= 0.6 is 0 Å². The van der Waals surface area contributed by atoms with E-state index in [-0.39, 0.29) is 0 Å². The zero-order chi connectivity index (χ0) is 19.1. The molecule has 0 unspecified atom stereocenters. The van der Waals surface area contributed by atoms with Crippen LogP contribution in [0.4, 0.5) is 0 Å². The number of hydrogen-bond donors (Lipinski definition) is 2. The molecule has 2 N–H and O–H groups in total. The average Bonchev–Trinajstić information content (AvgIpc) is 3.30. The van der Waals surface area contributed by atoms with Crippen LogP contribution in [0.25, 0.3) is 44.8 Å². The van der Waals surface area contributed by atoms with E-state index in [2.05, 4.69) is 36.1 Å². The summed E-state index contributed by atoms with van der Waals surface area (Å²) in [4.78, 5) is 19.4. The lowest BCUT2D eigenvalue weighted by Gasteiger charge is -2.10. The maximum Gasteiger partial charge on any atom is 0.161 e. The first kappa shape index (κ1) is 16.6. The molecule has 7 heteroatoms. The molecule has 0 aliphatic rings. The van der Waals surface area contributed by atoms with Gasteiger partial charge in [-0.2, -0.15) is 5.10 Å². The number of aromatic amines is 2. The lowest BCUT2D eigenvalue weighted by atomic mass is 10.1. The van der Waals surface area contributed by atoms with Crippen molar-refractivity contribution >= 4 is 22.1 Å². The van der Waals surface area contributed by atoms with E-state index in [1.807, 2.05) is 62.9 Å². The van der Waals surface area contributed by atoms with Gasteiger partial charge < -0.3 is 9.88 Å². The summed E-state index contributed by atoms with van der Waals surface area (Å²) in [5, 5.41) is 7.50. The maximum atomic E-state index is 4.86. The van der Waals surface area contributed by atoms with Gasteiger partial charge in [0, 0.05) is 24.5 Å². The van der Waals surface area contributed by atoms with Gasteiger partial charge in [0.1, 0.15) is 5.52 Å². The number of rotatable bonds is 4. The molecule has 0 bridgehead atoms. The van der Waals surface area contributed by atoms with Crippen LogP contribution in [0.2, 0.25) is 0 Å². The third-order valence-corrected chi connectivity index (χ3v) is 4.61. The van der Waals surface area contributed by atoms with Crippen molar-refractivity contribution in [3.05, 3.63) is 60.4 Å². The molecule has 28 heavy (non-hydrogen) atoms. The Labute approximate surface area is 161 Å². The van der Waals surface area contributed by atoms with E-state index in [9.17, 15) is 0 Å². The average molecular weight is 369 g/mol. The van der Waals surface area contributed by atoms with Gasteiger partial charge in [0.25, 0.3) is 0 Å². The van der Waals surface area contributed by atoms with E-state index < -0.39 is 0 Å². The molecule has 0 spiro atoms. The molecule has 0 atom stereocenters. The Morgan fingerprint density at radius 3 is 2.71 bits per heavy atom. The Hall–Kier alpha value is -3.58. The van der Waals surface area contributed by atoms with Crippen LogP contribution in [0.5, 0.6) is 0 Å². The predicted molar refractivity (Wildman–Crippen MR) is 110 cm³/mol. The van der Waals surface area contributed by atoms with E-state index in [4.69, 9.17) is 4.98 Å². The molecule has 0 fully saturated rings. The highest BCUT2D eigenvalue weighted by atomic mass is 15.1. The summed E-state index contributed by atoms with van der Waals surface area (Å²) in [5.41, 5.74) is 7.25. The fourth-order valence-corrected chi connectivity index (χ4v) is 3.37. The number of benzene rings is 1. The van der Waals surface area contributed by atoms with Gasteiger partial charge in [-0.1, -0.05) is 12.1 Å². The van der Waals surface area contributed by atoms with Crippen molar-refractivity contribution in [3.8, 4) is 22.8 Å². The van der Waals surface area contributed by atoms with Crippen LogP contribution < -0.4 is 0 Å². The normalized spacial score (nSPS) is 11.7. The van der Waals surface area contributed by atoms with Crippen molar-refractivity contribution in [2.75, 3.05) is 14.1 Å². The first-order valence-corrected chi connectivity index (χ1v) is 9.06. The summed E-state index contributed by atoms with van der Waals surface area (Å²) in [6.07, 6.45) is 3.73. The van der Waals surface area contributed by atoms with E-state index in [1.54, 1.807) is 0 Å². The molecular weight excluding hydrogens is 350 g/mol. The molecule has 5 aromatic rings. The first-order chi connectivity index (χ1) is 13.7. The predicted octanol–water partition coefficient (Wildman–Crippen LogP) is 3.62. The van der Waals surface area contributed by atoms with E-state index in [0.29, 0.717) is 11.5 Å². The third kappa shape index (κ3) is 2.91. The van der Waals surface area contributed by atoms with Gasteiger partial charge in [0.15, 0.2) is 11.5 Å². The van der Waals surface area contributed by atoms with Crippen LogP contribution in [-0.4, -0.2) is 49.1 Å². The molecule has 7 nitrogen and oxygen atoms in total. The monoisotopic (exact) mass is 369 g/mol. The third-order valence-electron chi connectivity index (χ3n) is 4.61. The molecule has 4 aromatic heterocycles. The lowest BCUT2D eigenvalue weighted by molar-refractivity contribution is 0.402. The van der Waals surface area contributed by atoms with Gasteiger partial charge in [-0.25, -0.2) is 9.97 Å². The van der Waals surface area contributed by atoms with Crippen LogP contribution in [0.1, 0.15) is 5.56 Å². The van der Waals surface area contributed by atoms with Crippen molar-refractivity contribution in [2.24, 2.45) is 0 Å². The second-order valence-electron chi connectivity index (χ2n) is 7.09. The summed E-state index contributed by atoms with van der Waals surface area (Å²) in [6.45, 7) is 0.832. The molecule has 0 saturated carbocycles. The number of fused-ring (bicyclic) bond motifs is 2. The Balaban J connectivity index is 1.60. The number of hydrogen-bond acceptors (Lipinski definition) is 5. The number of para-hydroxylation sites is 2. The Morgan fingerprint density at radius 2 is 1.86 bits per heavy atom. The van der Waals surface area contributed by atoms with E-state index >= 15 is 0 Å². The van der Waals surface area contributed by atoms with Gasteiger partial charge in [0.05, 0.1) is 22.2 Å². The molecule has 0 saturated heterocycles. The Kier molecular flexibility index (Phi) is 3.87. The van der Waals surface area contributed by atoms with Crippen molar-refractivity contribution in [1.82, 2.24) is 35.0 Å². The lowest BCUT2D eigenvalue weighted by Crippen LogP contribution is -2.10. The molecule has 0 aliphatic heterocycles. The van der Waals surface area contributed by atoms with Crippen molar-refractivity contribution in [3.63, 3.8) is 0 Å². The highest BCUT2D eigenvalue weighted by molar-refractivity contribution is 5.91. The summed E-state index contributed by atoms with van der Waals surface area (Å²) < 4.78 is 0. The second-order valence-corrected chi connectivity index (χ2v) is 7.09. The largest absolute Gasteiger partial charge is 0.337 e. The summed E-state index contributed by atoms with van der Waals surface area (Å²) in [7, 11) is 4.09. The zero-order valence-electron chi connectivity index (χ0n) is 15.6. The summed E-state index contributed by atoms with van der Waals surface area (Å²) in [5.74, 6) is 0.705. The molecule has 0 amide bonds. The number of nitrogens with one attached hydrogen (secondary N) is 2. The van der Waals surface area contributed by atoms with Crippen LogP contribution in [0, 0.1) is 0 Å². The highest BCUT2D eigenvalue weighted by Gasteiger charge is 2.15.